The van der Waals surface area contributed by atoms with E-state index in [2.05, 4.69) is 10.1 Å². The zero-order valence-electron chi connectivity index (χ0n) is 10.1. The summed E-state index contributed by atoms with van der Waals surface area (Å²) in [7, 11) is 1.86. The Bertz CT molecular complexity index is 491. The van der Waals surface area contributed by atoms with Crippen LogP contribution in [-0.4, -0.2) is 20.8 Å². The molecule has 0 aliphatic carbocycles. The van der Waals surface area contributed by atoms with Crippen LogP contribution < -0.4 is 5.73 Å². The molecule has 17 heavy (non-hydrogen) atoms. The number of rotatable bonds is 4. The normalized spacial score (nSPS) is 14.8. The molecule has 5 nitrogen and oxygen atoms in total. The topological polar surface area (TPSA) is 69.9 Å². The van der Waals surface area contributed by atoms with Crippen LogP contribution in [0, 0.1) is 6.92 Å². The molecule has 0 saturated heterocycles. The Hall–Kier alpha value is -1.27. The molecule has 0 spiro atoms. The van der Waals surface area contributed by atoms with E-state index in [1.54, 1.807) is 16.4 Å². The first kappa shape index (κ1) is 12.2. The van der Waals surface area contributed by atoms with Gasteiger partial charge in [-0.25, -0.2) is 9.67 Å². The van der Waals surface area contributed by atoms with Gasteiger partial charge >= 0.3 is 0 Å². The molecule has 0 radical (unpaired) electrons. The lowest BCUT2D eigenvalue weighted by molar-refractivity contribution is 0.464. The molecule has 0 aliphatic heterocycles. The predicted octanol–water partition coefficient (Wildman–Crippen LogP) is 1.90. The summed E-state index contributed by atoms with van der Waals surface area (Å²) in [5.41, 5.74) is 6.01. The van der Waals surface area contributed by atoms with Crippen LogP contribution in [0.4, 0.5) is 0 Å². The SMILES string of the molecule is Cc1ccc(C(Sc2ncnn2C)C(C)N)o1. The summed E-state index contributed by atoms with van der Waals surface area (Å²) in [5, 5.41) is 4.92. The smallest absolute Gasteiger partial charge is 0.186 e. The summed E-state index contributed by atoms with van der Waals surface area (Å²) in [6, 6.07) is 3.89. The first-order valence-electron chi connectivity index (χ1n) is 5.40. The number of thioether (sulfide) groups is 1. The molecule has 2 unspecified atom stereocenters. The van der Waals surface area contributed by atoms with Gasteiger partial charge in [-0.05, 0) is 26.0 Å². The minimum Gasteiger partial charge on any atom is -0.465 e. The molecule has 2 N–H and O–H groups in total. The van der Waals surface area contributed by atoms with Gasteiger partial charge < -0.3 is 10.2 Å². The molecule has 6 heteroatoms. The Balaban J connectivity index is 2.22. The van der Waals surface area contributed by atoms with E-state index in [4.69, 9.17) is 10.2 Å². The third-order valence-corrected chi connectivity index (χ3v) is 3.92. The molecule has 2 aromatic heterocycles. The standard InChI is InChI=1S/C11H16N4OS/c1-7-4-5-9(16-7)10(8(2)12)17-11-13-6-14-15(11)3/h4-6,8,10H,12H2,1-3H3. The second-order valence-electron chi connectivity index (χ2n) is 4.01. The molecular formula is C11H16N4OS. The zero-order valence-corrected chi connectivity index (χ0v) is 10.9. The highest BCUT2D eigenvalue weighted by Gasteiger charge is 2.23. The van der Waals surface area contributed by atoms with E-state index >= 15 is 0 Å². The highest BCUT2D eigenvalue weighted by Crippen LogP contribution is 2.36. The van der Waals surface area contributed by atoms with Gasteiger partial charge in [0.25, 0.3) is 0 Å². The van der Waals surface area contributed by atoms with E-state index < -0.39 is 0 Å². The maximum atomic E-state index is 6.01. The van der Waals surface area contributed by atoms with Crippen molar-refractivity contribution in [2.45, 2.75) is 30.3 Å². The predicted molar refractivity (Wildman–Crippen MR) is 66.7 cm³/mol. The molecule has 0 bridgehead atoms. The van der Waals surface area contributed by atoms with Crippen molar-refractivity contribution >= 4 is 11.8 Å². The van der Waals surface area contributed by atoms with Crippen LogP contribution in [0.3, 0.4) is 0 Å². The molecule has 2 rings (SSSR count). The molecule has 0 saturated carbocycles. The van der Waals surface area contributed by atoms with Crippen LogP contribution in [-0.2, 0) is 7.05 Å². The quantitative estimate of drug-likeness (QED) is 0.841. The van der Waals surface area contributed by atoms with E-state index in [0.717, 1.165) is 16.7 Å². The molecule has 2 aromatic rings. The first-order valence-corrected chi connectivity index (χ1v) is 6.28. The Kier molecular flexibility index (Phi) is 3.54. The van der Waals surface area contributed by atoms with Crippen LogP contribution in [0.2, 0.25) is 0 Å². The third-order valence-electron chi connectivity index (χ3n) is 2.42. The number of hydrogen-bond acceptors (Lipinski definition) is 5. The maximum absolute atomic E-state index is 6.01. The Morgan fingerprint density at radius 3 is 2.71 bits per heavy atom. The average Bonchev–Trinajstić information content (AvgIpc) is 2.84. The maximum Gasteiger partial charge on any atom is 0.186 e. The summed E-state index contributed by atoms with van der Waals surface area (Å²) in [6.45, 7) is 3.89. The molecule has 2 heterocycles. The van der Waals surface area contributed by atoms with Gasteiger partial charge in [-0.15, -0.1) is 0 Å². The number of furan rings is 1. The van der Waals surface area contributed by atoms with Crippen molar-refractivity contribution in [3.8, 4) is 0 Å². The van der Waals surface area contributed by atoms with Crippen LogP contribution in [0.15, 0.2) is 28.0 Å². The van der Waals surface area contributed by atoms with Crippen molar-refractivity contribution in [1.29, 1.82) is 0 Å². The summed E-state index contributed by atoms with van der Waals surface area (Å²) in [5.74, 6) is 1.77. The lowest BCUT2D eigenvalue weighted by atomic mass is 10.2. The Morgan fingerprint density at radius 2 is 2.24 bits per heavy atom. The summed E-state index contributed by atoms with van der Waals surface area (Å²) in [4.78, 5) is 4.19. The van der Waals surface area contributed by atoms with Crippen LogP contribution in [0.5, 0.6) is 0 Å². The van der Waals surface area contributed by atoms with Crippen LogP contribution in [0.1, 0.15) is 23.7 Å². The number of nitrogens with zero attached hydrogens (tertiary/aromatic N) is 3. The third kappa shape index (κ3) is 2.70. The van der Waals surface area contributed by atoms with E-state index in [0.29, 0.717) is 0 Å². The number of nitrogens with two attached hydrogens (primary N) is 1. The lowest BCUT2D eigenvalue weighted by Gasteiger charge is -2.17. The van der Waals surface area contributed by atoms with Gasteiger partial charge in [-0.1, -0.05) is 11.8 Å². The highest BCUT2D eigenvalue weighted by atomic mass is 32.2. The fourth-order valence-corrected chi connectivity index (χ4v) is 2.53. The fourth-order valence-electron chi connectivity index (χ4n) is 1.54. The largest absolute Gasteiger partial charge is 0.465 e. The second-order valence-corrected chi connectivity index (χ2v) is 5.12. The van der Waals surface area contributed by atoms with Crippen molar-refractivity contribution in [2.24, 2.45) is 12.8 Å². The highest BCUT2D eigenvalue weighted by molar-refractivity contribution is 7.99. The molecular weight excluding hydrogens is 236 g/mol. The summed E-state index contributed by atoms with van der Waals surface area (Å²) >= 11 is 1.57. The Labute approximate surface area is 104 Å². The molecule has 0 aliphatic rings. The van der Waals surface area contributed by atoms with E-state index in [1.807, 2.05) is 33.0 Å². The van der Waals surface area contributed by atoms with Crippen molar-refractivity contribution in [3.63, 3.8) is 0 Å². The summed E-state index contributed by atoms with van der Waals surface area (Å²) < 4.78 is 7.37. The van der Waals surface area contributed by atoms with Crippen LogP contribution >= 0.6 is 11.8 Å². The zero-order chi connectivity index (χ0) is 12.4. The van der Waals surface area contributed by atoms with Crippen molar-refractivity contribution in [1.82, 2.24) is 14.8 Å². The van der Waals surface area contributed by atoms with Gasteiger partial charge in [0, 0.05) is 13.1 Å². The van der Waals surface area contributed by atoms with Gasteiger partial charge in [0.05, 0.1) is 5.25 Å². The first-order chi connectivity index (χ1) is 8.08. The summed E-state index contributed by atoms with van der Waals surface area (Å²) in [6.07, 6.45) is 1.54. The van der Waals surface area contributed by atoms with Gasteiger partial charge in [0.15, 0.2) is 5.16 Å². The molecule has 2 atom stereocenters. The molecule has 0 amide bonds. The Morgan fingerprint density at radius 1 is 1.47 bits per heavy atom. The molecule has 0 fully saturated rings. The minimum absolute atomic E-state index is 0.0257. The van der Waals surface area contributed by atoms with E-state index in [9.17, 15) is 0 Å². The lowest BCUT2D eigenvalue weighted by Crippen LogP contribution is -2.22. The fraction of sp³-hybridized carbons (Fsp3) is 0.455. The molecule has 0 aromatic carbocycles. The van der Waals surface area contributed by atoms with Crippen LogP contribution in [0.25, 0.3) is 0 Å². The second kappa shape index (κ2) is 4.93. The van der Waals surface area contributed by atoms with Crippen molar-refractivity contribution < 1.29 is 4.42 Å². The van der Waals surface area contributed by atoms with E-state index in [1.165, 1.54) is 6.33 Å². The monoisotopic (exact) mass is 252 g/mol. The van der Waals surface area contributed by atoms with Crippen molar-refractivity contribution in [3.05, 3.63) is 30.0 Å². The van der Waals surface area contributed by atoms with Gasteiger partial charge in [-0.3, -0.25) is 0 Å². The minimum atomic E-state index is -0.0257. The van der Waals surface area contributed by atoms with Gasteiger partial charge in [-0.2, -0.15) is 5.10 Å². The number of hydrogen-bond donors (Lipinski definition) is 1. The average molecular weight is 252 g/mol. The number of aromatic nitrogens is 3. The van der Waals surface area contributed by atoms with E-state index in [-0.39, 0.29) is 11.3 Å². The molecule has 92 valence electrons. The van der Waals surface area contributed by atoms with Gasteiger partial charge in [0.2, 0.25) is 0 Å². The van der Waals surface area contributed by atoms with Crippen molar-refractivity contribution in [2.75, 3.05) is 0 Å². The number of aryl methyl sites for hydroxylation is 2. The van der Waals surface area contributed by atoms with Gasteiger partial charge in [0.1, 0.15) is 17.8 Å².